The number of ether oxygens (including phenoxy) is 1. The third-order valence-electron chi connectivity index (χ3n) is 5.00. The highest BCUT2D eigenvalue weighted by atomic mass is 32.2. The third-order valence-corrected chi connectivity index (χ3v) is 5.76. The molecule has 0 bridgehead atoms. The average Bonchev–Trinajstić information content (AvgIpc) is 2.98. The second kappa shape index (κ2) is 9.40. The lowest BCUT2D eigenvalue weighted by Gasteiger charge is -2.42. The lowest BCUT2D eigenvalue weighted by Crippen LogP contribution is -2.64. The summed E-state index contributed by atoms with van der Waals surface area (Å²) in [5, 5.41) is 2.73. The second-order valence-electron chi connectivity index (χ2n) is 8.29. The number of amides is 3. The smallest absolute Gasteiger partial charge is 0.249 e. The molecule has 0 aromatic rings. The highest BCUT2D eigenvalue weighted by molar-refractivity contribution is 7.88. The Morgan fingerprint density at radius 3 is 2.41 bits per heavy atom. The molecule has 0 aliphatic carbocycles. The zero-order valence-corrected chi connectivity index (χ0v) is 18.5. The van der Waals surface area contributed by atoms with Crippen molar-refractivity contribution in [3.63, 3.8) is 0 Å². The fraction of sp³-hybridized carbons (Fsp3) is 0.833. The van der Waals surface area contributed by atoms with E-state index in [1.54, 1.807) is 18.7 Å². The Hall–Kier alpha value is -1.72. The van der Waals surface area contributed by atoms with E-state index in [9.17, 15) is 22.8 Å². The molecule has 2 aliphatic heterocycles. The SMILES string of the molecule is CC(C)OCC(=O)N1C[C@@H]2C[C@H](NS(C)(=O)=O)CN2C(=O)[C@@H]1CNC(=O)C(C)C. The standard InChI is InChI=1S/C18H32N4O6S/c1-11(2)17(24)19-7-15-18(25)21-8-13(20-29(5,26)27)6-14(21)9-22(15)16(23)10-28-12(3)4/h11-15,20H,6-10H2,1-5H3,(H,19,24)/t13-,14-,15-/m0/s1. The van der Waals surface area contributed by atoms with Crippen LogP contribution in [-0.4, -0.2) is 92.7 Å². The van der Waals surface area contributed by atoms with Gasteiger partial charge in [-0.25, -0.2) is 13.1 Å². The molecule has 3 atom stereocenters. The van der Waals surface area contributed by atoms with Gasteiger partial charge >= 0.3 is 0 Å². The molecule has 2 heterocycles. The van der Waals surface area contributed by atoms with Crippen molar-refractivity contribution in [1.29, 1.82) is 0 Å². The van der Waals surface area contributed by atoms with E-state index in [4.69, 9.17) is 4.74 Å². The number of hydrogen-bond acceptors (Lipinski definition) is 6. The Morgan fingerprint density at radius 1 is 1.21 bits per heavy atom. The molecule has 3 amide bonds. The van der Waals surface area contributed by atoms with Crippen LogP contribution in [0.15, 0.2) is 0 Å². The van der Waals surface area contributed by atoms with E-state index in [1.165, 1.54) is 4.90 Å². The van der Waals surface area contributed by atoms with Gasteiger partial charge < -0.3 is 19.9 Å². The fourth-order valence-electron chi connectivity index (χ4n) is 3.62. The average molecular weight is 433 g/mol. The number of carbonyl (C=O) groups is 3. The topological polar surface area (TPSA) is 125 Å². The summed E-state index contributed by atoms with van der Waals surface area (Å²) in [4.78, 5) is 40.9. The fourth-order valence-corrected chi connectivity index (χ4v) is 4.40. The van der Waals surface area contributed by atoms with Gasteiger partial charge in [-0.2, -0.15) is 0 Å². The number of hydrogen-bond donors (Lipinski definition) is 2. The van der Waals surface area contributed by atoms with Gasteiger partial charge in [-0.1, -0.05) is 13.8 Å². The summed E-state index contributed by atoms with van der Waals surface area (Å²) in [6.07, 6.45) is 1.37. The predicted octanol–water partition coefficient (Wildman–Crippen LogP) is -1.09. The van der Waals surface area contributed by atoms with Gasteiger partial charge in [0.15, 0.2) is 0 Å². The largest absolute Gasteiger partial charge is 0.369 e. The summed E-state index contributed by atoms with van der Waals surface area (Å²) in [5.74, 6) is -1.06. The molecule has 2 aliphatic rings. The Morgan fingerprint density at radius 2 is 1.86 bits per heavy atom. The van der Waals surface area contributed by atoms with Crippen molar-refractivity contribution in [3.05, 3.63) is 0 Å². The maximum absolute atomic E-state index is 13.1. The molecular weight excluding hydrogens is 400 g/mol. The maximum Gasteiger partial charge on any atom is 0.249 e. The summed E-state index contributed by atoms with van der Waals surface area (Å²) < 4.78 is 31.1. The van der Waals surface area contributed by atoms with Crippen LogP contribution in [0.1, 0.15) is 34.1 Å². The van der Waals surface area contributed by atoms with Crippen LogP contribution in [0.2, 0.25) is 0 Å². The molecule has 2 N–H and O–H groups in total. The summed E-state index contributed by atoms with van der Waals surface area (Å²) >= 11 is 0. The molecule has 11 heteroatoms. The minimum atomic E-state index is -3.41. The molecule has 0 saturated carbocycles. The number of nitrogens with zero attached hydrogens (tertiary/aromatic N) is 2. The van der Waals surface area contributed by atoms with Crippen LogP contribution in [0.4, 0.5) is 0 Å². The van der Waals surface area contributed by atoms with Gasteiger partial charge in [0, 0.05) is 31.6 Å². The van der Waals surface area contributed by atoms with Crippen molar-refractivity contribution in [2.45, 2.75) is 58.3 Å². The quantitative estimate of drug-likeness (QED) is 0.502. The van der Waals surface area contributed by atoms with Gasteiger partial charge in [-0.3, -0.25) is 14.4 Å². The van der Waals surface area contributed by atoms with Crippen LogP contribution in [0.25, 0.3) is 0 Å². The molecule has 0 aromatic carbocycles. The molecule has 0 aromatic heterocycles. The van der Waals surface area contributed by atoms with E-state index in [1.807, 2.05) is 13.8 Å². The highest BCUT2D eigenvalue weighted by Crippen LogP contribution is 2.26. The summed E-state index contributed by atoms with van der Waals surface area (Å²) in [5.41, 5.74) is 0. The Balaban J connectivity index is 2.17. The Labute approximate surface area is 172 Å². The lowest BCUT2D eigenvalue weighted by atomic mass is 10.0. The first-order valence-electron chi connectivity index (χ1n) is 9.85. The van der Waals surface area contributed by atoms with Crippen molar-refractivity contribution < 1.29 is 27.5 Å². The van der Waals surface area contributed by atoms with E-state index in [0.717, 1.165) is 6.26 Å². The van der Waals surface area contributed by atoms with Crippen LogP contribution in [0.5, 0.6) is 0 Å². The van der Waals surface area contributed by atoms with E-state index < -0.39 is 22.1 Å². The molecule has 2 rings (SSSR count). The molecule has 166 valence electrons. The summed E-state index contributed by atoms with van der Waals surface area (Å²) in [6, 6.07) is -1.51. The minimum absolute atomic E-state index is 0.0106. The van der Waals surface area contributed by atoms with Gasteiger partial charge in [-0.05, 0) is 20.3 Å². The number of sulfonamides is 1. The Kier molecular flexibility index (Phi) is 7.63. The van der Waals surface area contributed by atoms with Crippen molar-refractivity contribution >= 4 is 27.7 Å². The number of carbonyl (C=O) groups excluding carboxylic acids is 3. The third kappa shape index (κ3) is 6.38. The molecule has 2 fully saturated rings. The van der Waals surface area contributed by atoms with Crippen LogP contribution in [0.3, 0.4) is 0 Å². The predicted molar refractivity (Wildman–Crippen MR) is 106 cm³/mol. The molecule has 2 saturated heterocycles. The first kappa shape index (κ1) is 23.6. The Bertz CT molecular complexity index is 739. The first-order chi connectivity index (χ1) is 13.4. The molecule has 0 unspecified atom stereocenters. The lowest BCUT2D eigenvalue weighted by molar-refractivity contribution is -0.156. The number of piperazine rings is 1. The molecule has 29 heavy (non-hydrogen) atoms. The van der Waals surface area contributed by atoms with Crippen molar-refractivity contribution in [1.82, 2.24) is 19.8 Å². The van der Waals surface area contributed by atoms with E-state index in [2.05, 4.69) is 10.0 Å². The summed E-state index contributed by atoms with van der Waals surface area (Å²) in [7, 11) is -3.41. The van der Waals surface area contributed by atoms with Crippen molar-refractivity contribution in [2.24, 2.45) is 5.92 Å². The normalized spacial score (nSPS) is 24.9. The number of rotatable bonds is 8. The van der Waals surface area contributed by atoms with Gasteiger partial charge in [0.2, 0.25) is 27.7 Å². The van der Waals surface area contributed by atoms with Gasteiger partial charge in [0.25, 0.3) is 0 Å². The minimum Gasteiger partial charge on any atom is -0.369 e. The van der Waals surface area contributed by atoms with E-state index in [0.29, 0.717) is 6.42 Å². The molecular formula is C18H32N4O6S. The zero-order chi connectivity index (χ0) is 21.9. The van der Waals surface area contributed by atoms with Crippen LogP contribution in [0, 0.1) is 5.92 Å². The van der Waals surface area contributed by atoms with Crippen LogP contribution in [-0.2, 0) is 29.1 Å². The highest BCUT2D eigenvalue weighted by Gasteiger charge is 2.47. The maximum atomic E-state index is 13.1. The second-order valence-corrected chi connectivity index (χ2v) is 10.1. The number of nitrogens with one attached hydrogen (secondary N) is 2. The van der Waals surface area contributed by atoms with Gasteiger partial charge in [0.05, 0.1) is 18.4 Å². The number of fused-ring (bicyclic) bond motifs is 1. The first-order valence-corrected chi connectivity index (χ1v) is 11.7. The van der Waals surface area contributed by atoms with E-state index >= 15 is 0 Å². The van der Waals surface area contributed by atoms with Gasteiger partial charge in [0.1, 0.15) is 12.6 Å². The monoisotopic (exact) mass is 432 g/mol. The van der Waals surface area contributed by atoms with Gasteiger partial charge in [-0.15, -0.1) is 0 Å². The van der Waals surface area contributed by atoms with Crippen LogP contribution >= 0.6 is 0 Å². The molecule has 10 nitrogen and oxygen atoms in total. The molecule has 0 radical (unpaired) electrons. The van der Waals surface area contributed by atoms with E-state index in [-0.39, 0.29) is 62.0 Å². The zero-order valence-electron chi connectivity index (χ0n) is 17.7. The summed E-state index contributed by atoms with van der Waals surface area (Å²) in [6.45, 7) is 7.49. The molecule has 0 spiro atoms. The van der Waals surface area contributed by atoms with Crippen molar-refractivity contribution in [3.8, 4) is 0 Å². The van der Waals surface area contributed by atoms with Crippen LogP contribution < -0.4 is 10.0 Å². The van der Waals surface area contributed by atoms with Crippen molar-refractivity contribution in [2.75, 3.05) is 32.5 Å².